The molecule has 0 fully saturated rings. The van der Waals surface area contributed by atoms with Gasteiger partial charge >= 0.3 is 5.97 Å². The molecular weight excluding hydrogens is 220 g/mol. The molecule has 74 valence electrons. The van der Waals surface area contributed by atoms with E-state index in [2.05, 4.69) is 0 Å². The molecule has 0 aliphatic rings. The number of hydrogen-bond donors (Lipinski definition) is 3. The molecule has 0 saturated carbocycles. The van der Waals surface area contributed by atoms with Crippen LogP contribution in [-0.4, -0.2) is 44.7 Å². The van der Waals surface area contributed by atoms with Crippen molar-refractivity contribution in [2.75, 3.05) is 6.54 Å². The first-order valence-electron chi connectivity index (χ1n) is 3.01. The van der Waals surface area contributed by atoms with Crippen LogP contribution in [-0.2, 0) is 13.9 Å². The maximum atomic E-state index is 10.2. The van der Waals surface area contributed by atoms with E-state index in [0.717, 1.165) is 0 Å². The van der Waals surface area contributed by atoms with Gasteiger partial charge in [0.15, 0.2) is 11.9 Å². The Morgan fingerprint density at radius 1 is 1.23 bits per heavy atom. The minimum atomic E-state index is -1.69. The number of rotatable bonds is 6. The van der Waals surface area contributed by atoms with Gasteiger partial charge in [0.2, 0.25) is 16.9 Å². The predicted molar refractivity (Wildman–Crippen MR) is 41.6 cm³/mol. The predicted octanol–water partition coefficient (Wildman–Crippen LogP) is -0.492. The van der Waals surface area contributed by atoms with Crippen molar-refractivity contribution in [3.05, 3.63) is 0 Å². The van der Waals surface area contributed by atoms with E-state index in [9.17, 15) is 13.9 Å². The lowest BCUT2D eigenvalue weighted by atomic mass is 10.6. The third kappa shape index (κ3) is 4.36. The van der Waals surface area contributed by atoms with Crippen LogP contribution in [0.1, 0.15) is 0 Å². The van der Waals surface area contributed by atoms with Gasteiger partial charge in [-0.1, -0.05) is 0 Å². The topological polar surface area (TPSA) is 115 Å². The lowest BCUT2D eigenvalue weighted by molar-refractivity contribution is -0.142. The average Bonchev–Trinajstić information content (AvgIpc) is 2.11. The van der Waals surface area contributed by atoms with Gasteiger partial charge in [-0.05, 0) is 0 Å². The lowest BCUT2D eigenvalue weighted by Gasteiger charge is -2.22. The van der Waals surface area contributed by atoms with Crippen LogP contribution >= 0.6 is 16.9 Å². The summed E-state index contributed by atoms with van der Waals surface area (Å²) in [5.74, 6) is -4.72. The van der Waals surface area contributed by atoms with Crippen molar-refractivity contribution in [3.63, 3.8) is 0 Å². The fraction of sp³-hybridized carbons (Fsp3) is 0.750. The Kier molecular flexibility index (Phi) is 5.86. The first-order valence-corrected chi connectivity index (χ1v) is 4.77. The van der Waals surface area contributed by atoms with Crippen molar-refractivity contribution in [3.8, 4) is 0 Å². The maximum absolute atomic E-state index is 10.2. The fourth-order valence-electron chi connectivity index (χ4n) is 0.560. The summed E-state index contributed by atoms with van der Waals surface area (Å²) in [6.45, 7) is -0.757. The van der Waals surface area contributed by atoms with Crippen molar-refractivity contribution < 1.29 is 29.2 Å². The number of aliphatic hydroxyl groups excluding tert-OH is 2. The van der Waals surface area contributed by atoms with E-state index >= 15 is 0 Å². The first kappa shape index (κ1) is 12.6. The molecule has 0 aromatic rings. The van der Waals surface area contributed by atoms with E-state index < -0.39 is 41.4 Å². The Balaban J connectivity index is 4.43. The molecule has 0 amide bonds. The summed E-state index contributed by atoms with van der Waals surface area (Å²) < 4.78 is 20.3. The number of carboxylic acids is 1. The fourth-order valence-corrected chi connectivity index (χ4v) is 1.32. The molecule has 0 radical (unpaired) electrons. The second-order valence-electron chi connectivity index (χ2n) is 1.97. The number of nitrogens with zero attached hydrogens (tertiary/aromatic N) is 1. The summed E-state index contributed by atoms with van der Waals surface area (Å²) in [6.07, 6.45) is 0. The molecule has 0 aromatic heterocycles. The minimum absolute atomic E-state index is 0.505. The molecule has 2 atom stereocenters. The first-order chi connectivity index (χ1) is 6.02. The molecule has 0 spiro atoms. The van der Waals surface area contributed by atoms with Crippen LogP contribution in [0, 0.1) is 0 Å². The van der Waals surface area contributed by atoms with Crippen LogP contribution < -0.4 is 0 Å². The van der Waals surface area contributed by atoms with E-state index in [4.69, 9.17) is 15.3 Å². The van der Waals surface area contributed by atoms with Gasteiger partial charge in [-0.25, -0.2) is 4.90 Å². The van der Waals surface area contributed by atoms with E-state index in [1.807, 2.05) is 0 Å². The van der Waals surface area contributed by atoms with E-state index in [1.54, 1.807) is 0 Å². The molecule has 7 nitrogen and oxygen atoms in total. The Morgan fingerprint density at radius 2 is 1.62 bits per heavy atom. The number of aliphatic carboxylic acids is 1. The highest BCUT2D eigenvalue weighted by Gasteiger charge is 2.26. The summed E-state index contributed by atoms with van der Waals surface area (Å²) in [5, 5.41) is 26.1. The number of aliphatic hydroxyl groups is 2. The molecule has 0 rings (SSSR count). The van der Waals surface area contributed by atoms with Gasteiger partial charge in [0.1, 0.15) is 6.54 Å². The average molecular weight is 227 g/mol. The quantitative estimate of drug-likeness (QED) is 0.414. The molecule has 2 unspecified atom stereocenters. The second kappa shape index (κ2) is 6.07. The van der Waals surface area contributed by atoms with Crippen molar-refractivity contribution >= 4 is 22.9 Å². The second-order valence-corrected chi connectivity index (χ2v) is 3.32. The van der Waals surface area contributed by atoms with Crippen LogP contribution in [0.25, 0.3) is 0 Å². The van der Waals surface area contributed by atoms with Crippen molar-refractivity contribution in [1.82, 2.24) is 4.90 Å². The van der Waals surface area contributed by atoms with E-state index in [0.29, 0.717) is 4.90 Å². The zero-order chi connectivity index (χ0) is 10.4. The van der Waals surface area contributed by atoms with Crippen molar-refractivity contribution in [2.24, 2.45) is 0 Å². The summed E-state index contributed by atoms with van der Waals surface area (Å²) in [6, 6.07) is 0. The maximum Gasteiger partial charge on any atom is 0.317 e. The van der Waals surface area contributed by atoms with Gasteiger partial charge in [0.05, 0.1) is 0 Å². The summed E-state index contributed by atoms with van der Waals surface area (Å²) in [5.41, 5.74) is 0. The summed E-state index contributed by atoms with van der Waals surface area (Å²) in [4.78, 5) is 10.7. The molecule has 0 aliphatic carbocycles. The van der Waals surface area contributed by atoms with E-state index in [1.165, 1.54) is 0 Å². The van der Waals surface area contributed by atoms with Crippen LogP contribution in [0.3, 0.4) is 0 Å². The Hall–Kier alpha value is -0.450. The largest absolute Gasteiger partial charge is 0.480 e. The zero-order valence-corrected chi connectivity index (χ0v) is 8.06. The molecule has 0 heterocycles. The van der Waals surface area contributed by atoms with Crippen LogP contribution in [0.5, 0.6) is 0 Å². The number of hydrogen-bond acceptors (Lipinski definition) is 6. The number of carbonyl (C=O) groups is 1. The molecule has 0 aliphatic heterocycles. The van der Waals surface area contributed by atoms with E-state index in [-0.39, 0.29) is 0 Å². The molecule has 0 aromatic carbocycles. The van der Waals surface area contributed by atoms with Gasteiger partial charge in [-0.3, -0.25) is 13.9 Å². The summed E-state index contributed by atoms with van der Waals surface area (Å²) >= 11 is 0. The SMILES string of the molecule is O=PC(O)N(CC(=O)O)C(O)P=O. The Labute approximate surface area is 76.4 Å². The molecule has 0 saturated heterocycles. The normalized spacial score (nSPS) is 16.2. The zero-order valence-electron chi connectivity index (χ0n) is 6.27. The van der Waals surface area contributed by atoms with Crippen LogP contribution in [0.2, 0.25) is 0 Å². The molecule has 0 bridgehead atoms. The van der Waals surface area contributed by atoms with Gasteiger partial charge in [-0.15, -0.1) is 0 Å². The highest BCUT2D eigenvalue weighted by Crippen LogP contribution is 2.17. The van der Waals surface area contributed by atoms with Gasteiger partial charge in [-0.2, -0.15) is 0 Å². The molecular formula is C4H7NO6P2. The lowest BCUT2D eigenvalue weighted by Crippen LogP contribution is -2.41. The molecule has 3 N–H and O–H groups in total. The van der Waals surface area contributed by atoms with Crippen molar-refractivity contribution in [2.45, 2.75) is 11.9 Å². The highest BCUT2D eigenvalue weighted by atomic mass is 31.1. The third-order valence-electron chi connectivity index (χ3n) is 1.10. The van der Waals surface area contributed by atoms with Crippen LogP contribution in [0.15, 0.2) is 0 Å². The van der Waals surface area contributed by atoms with Crippen LogP contribution in [0.4, 0.5) is 0 Å². The Morgan fingerprint density at radius 3 is 1.85 bits per heavy atom. The minimum Gasteiger partial charge on any atom is -0.480 e. The van der Waals surface area contributed by atoms with Crippen molar-refractivity contribution in [1.29, 1.82) is 0 Å². The smallest absolute Gasteiger partial charge is 0.317 e. The number of carboxylic acid groups (broad SMARTS) is 1. The molecule has 13 heavy (non-hydrogen) atoms. The highest BCUT2D eigenvalue weighted by molar-refractivity contribution is 7.25. The van der Waals surface area contributed by atoms with Gasteiger partial charge in [0, 0.05) is 0 Å². The monoisotopic (exact) mass is 227 g/mol. The van der Waals surface area contributed by atoms with Gasteiger partial charge in [0.25, 0.3) is 0 Å². The standard InChI is InChI=1S/C4H7NO6P2/c6-2(7)1-5(3(8)12-10)4(9)13-11/h3-4,8-9H,1H2,(H,6,7). The summed E-state index contributed by atoms with van der Waals surface area (Å²) in [7, 11) is -1.54. The third-order valence-corrected chi connectivity index (χ3v) is 2.07. The molecule has 9 heteroatoms. The Bertz CT molecular complexity index is 197. The van der Waals surface area contributed by atoms with Gasteiger partial charge < -0.3 is 15.3 Å².